The van der Waals surface area contributed by atoms with Crippen molar-refractivity contribution in [1.29, 1.82) is 0 Å². The van der Waals surface area contributed by atoms with Gasteiger partial charge in [0.2, 0.25) is 0 Å². The number of methoxy groups -OCH3 is 1. The summed E-state index contributed by atoms with van der Waals surface area (Å²) in [7, 11) is 5.73. The smallest absolute Gasteiger partial charge is 0.118 e. The average molecular weight is 190 g/mol. The Morgan fingerprint density at radius 3 is 2.57 bits per heavy atom. The molecule has 2 nitrogen and oxygen atoms in total. The zero-order chi connectivity index (χ0) is 9.97. The summed E-state index contributed by atoms with van der Waals surface area (Å²) in [5.41, 5.74) is 1.35. The SMILES string of the molecule is [CH2-]N1CCCC1c1ccc(OC)cc1. The van der Waals surface area contributed by atoms with E-state index in [1.54, 1.807) is 7.11 Å². The molecule has 2 rings (SSSR count). The molecule has 0 aliphatic carbocycles. The fraction of sp³-hybridized carbons (Fsp3) is 0.417. The molecule has 1 atom stereocenters. The van der Waals surface area contributed by atoms with Gasteiger partial charge in [0.15, 0.2) is 0 Å². The lowest BCUT2D eigenvalue weighted by atomic mass is 10.0. The molecule has 0 radical (unpaired) electrons. The van der Waals surface area contributed by atoms with Gasteiger partial charge >= 0.3 is 0 Å². The van der Waals surface area contributed by atoms with Gasteiger partial charge in [0.05, 0.1) is 7.11 Å². The number of nitrogens with zero attached hydrogens (tertiary/aromatic N) is 1. The summed E-state index contributed by atoms with van der Waals surface area (Å²) in [6, 6.07) is 8.80. The summed E-state index contributed by atoms with van der Waals surface area (Å²) < 4.78 is 5.13. The van der Waals surface area contributed by atoms with E-state index in [4.69, 9.17) is 4.74 Å². The Morgan fingerprint density at radius 1 is 1.36 bits per heavy atom. The molecular weight excluding hydrogens is 174 g/mol. The van der Waals surface area contributed by atoms with E-state index in [1.807, 2.05) is 12.1 Å². The van der Waals surface area contributed by atoms with Crippen molar-refractivity contribution in [2.24, 2.45) is 0 Å². The maximum absolute atomic E-state index is 5.13. The highest BCUT2D eigenvalue weighted by molar-refractivity contribution is 5.29. The van der Waals surface area contributed by atoms with E-state index in [0.717, 1.165) is 12.3 Å². The number of likely N-dealkylation sites (tertiary alicyclic amines) is 1. The van der Waals surface area contributed by atoms with Crippen LogP contribution in [0, 0.1) is 7.05 Å². The molecule has 14 heavy (non-hydrogen) atoms. The van der Waals surface area contributed by atoms with Crippen molar-refractivity contribution in [1.82, 2.24) is 4.90 Å². The molecule has 1 unspecified atom stereocenters. The first kappa shape index (κ1) is 9.53. The third kappa shape index (κ3) is 1.75. The van der Waals surface area contributed by atoms with Gasteiger partial charge in [0.25, 0.3) is 0 Å². The van der Waals surface area contributed by atoms with Crippen LogP contribution in [-0.4, -0.2) is 18.6 Å². The Morgan fingerprint density at radius 2 is 2.07 bits per heavy atom. The van der Waals surface area contributed by atoms with Crippen LogP contribution in [0.2, 0.25) is 0 Å². The summed E-state index contributed by atoms with van der Waals surface area (Å²) in [6.45, 7) is 1.11. The van der Waals surface area contributed by atoms with Crippen molar-refractivity contribution in [3.05, 3.63) is 36.9 Å². The predicted molar refractivity (Wildman–Crippen MR) is 57.0 cm³/mol. The van der Waals surface area contributed by atoms with Crippen molar-refractivity contribution < 1.29 is 4.74 Å². The highest BCUT2D eigenvalue weighted by atomic mass is 16.5. The standard InChI is InChI=1S/C12H16NO/c1-13-9-3-4-12(13)10-5-7-11(14-2)8-6-10/h5-8,12H,1,3-4,9H2,2H3/q-1. The molecule has 76 valence electrons. The number of hydrogen-bond donors (Lipinski definition) is 0. The molecule has 0 saturated carbocycles. The molecule has 0 spiro atoms. The van der Waals surface area contributed by atoms with Crippen LogP contribution in [0.1, 0.15) is 24.4 Å². The van der Waals surface area contributed by atoms with E-state index >= 15 is 0 Å². The summed E-state index contributed by atoms with van der Waals surface area (Å²) in [5, 5.41) is 0. The molecule has 2 heteroatoms. The van der Waals surface area contributed by atoms with Crippen molar-refractivity contribution in [3.63, 3.8) is 0 Å². The van der Waals surface area contributed by atoms with Crippen LogP contribution in [0.4, 0.5) is 0 Å². The van der Waals surface area contributed by atoms with E-state index in [-0.39, 0.29) is 0 Å². The number of hydrogen-bond acceptors (Lipinski definition) is 2. The van der Waals surface area contributed by atoms with Gasteiger partial charge in [-0.3, -0.25) is 7.05 Å². The quantitative estimate of drug-likeness (QED) is 0.665. The normalized spacial score (nSPS) is 22.6. The summed E-state index contributed by atoms with van der Waals surface area (Å²) in [4.78, 5) is 2.17. The zero-order valence-corrected chi connectivity index (χ0v) is 8.57. The summed E-state index contributed by atoms with van der Waals surface area (Å²) in [5.74, 6) is 0.919. The van der Waals surface area contributed by atoms with Crippen molar-refractivity contribution in [2.75, 3.05) is 13.7 Å². The van der Waals surface area contributed by atoms with Crippen molar-refractivity contribution in [3.8, 4) is 5.75 Å². The van der Waals surface area contributed by atoms with Crippen molar-refractivity contribution >= 4 is 0 Å². The monoisotopic (exact) mass is 190 g/mol. The Bertz CT molecular complexity index is 294. The molecule has 0 bridgehead atoms. The van der Waals surface area contributed by atoms with E-state index in [1.165, 1.54) is 18.4 Å². The van der Waals surface area contributed by atoms with Gasteiger partial charge in [0.1, 0.15) is 5.75 Å². The maximum atomic E-state index is 5.13. The molecular formula is C12H16NO-. The minimum absolute atomic E-state index is 0.501. The van der Waals surface area contributed by atoms with Crippen LogP contribution in [0.5, 0.6) is 5.75 Å². The zero-order valence-electron chi connectivity index (χ0n) is 8.57. The van der Waals surface area contributed by atoms with E-state index in [9.17, 15) is 0 Å². The fourth-order valence-electron chi connectivity index (χ4n) is 2.03. The second kappa shape index (κ2) is 4.01. The number of benzene rings is 1. The van der Waals surface area contributed by atoms with E-state index in [0.29, 0.717) is 6.04 Å². The van der Waals surface area contributed by atoms with Gasteiger partial charge in [-0.2, -0.15) is 0 Å². The van der Waals surface area contributed by atoms with Crippen LogP contribution in [-0.2, 0) is 0 Å². The summed E-state index contributed by atoms with van der Waals surface area (Å²) in [6.07, 6.45) is 2.47. The second-order valence-electron chi connectivity index (χ2n) is 3.74. The minimum atomic E-state index is 0.501. The number of rotatable bonds is 2. The predicted octanol–water partition coefficient (Wildman–Crippen LogP) is 2.62. The molecule has 1 aromatic carbocycles. The van der Waals surface area contributed by atoms with Crippen LogP contribution in [0.15, 0.2) is 24.3 Å². The van der Waals surface area contributed by atoms with Gasteiger partial charge < -0.3 is 9.64 Å². The minimum Gasteiger partial charge on any atom is -0.497 e. The Balaban J connectivity index is 2.16. The molecule has 1 saturated heterocycles. The lowest BCUT2D eigenvalue weighted by molar-refractivity contribution is 0.352. The lowest BCUT2D eigenvalue weighted by Crippen LogP contribution is -2.14. The third-order valence-electron chi connectivity index (χ3n) is 2.86. The highest BCUT2D eigenvalue weighted by Gasteiger charge is 2.17. The Kier molecular flexibility index (Phi) is 2.73. The first-order valence-electron chi connectivity index (χ1n) is 5.02. The third-order valence-corrected chi connectivity index (χ3v) is 2.86. The van der Waals surface area contributed by atoms with E-state index in [2.05, 4.69) is 24.1 Å². The topological polar surface area (TPSA) is 12.5 Å². The van der Waals surface area contributed by atoms with E-state index < -0.39 is 0 Å². The van der Waals surface area contributed by atoms with Crippen LogP contribution in [0.25, 0.3) is 0 Å². The second-order valence-corrected chi connectivity index (χ2v) is 3.74. The molecule has 0 aromatic heterocycles. The van der Waals surface area contributed by atoms with Crippen LogP contribution < -0.4 is 4.74 Å². The average Bonchev–Trinajstić information content (AvgIpc) is 2.65. The lowest BCUT2D eigenvalue weighted by Gasteiger charge is -2.27. The first-order chi connectivity index (χ1) is 6.81. The highest BCUT2D eigenvalue weighted by Crippen LogP contribution is 2.31. The molecule has 1 fully saturated rings. The largest absolute Gasteiger partial charge is 0.497 e. The van der Waals surface area contributed by atoms with Gasteiger partial charge in [-0.1, -0.05) is 12.1 Å². The molecule has 1 aliphatic heterocycles. The molecule has 0 amide bonds. The Hall–Kier alpha value is -1.02. The molecule has 1 aromatic rings. The molecule has 1 aliphatic rings. The molecule has 0 N–H and O–H groups in total. The summed E-state index contributed by atoms with van der Waals surface area (Å²) >= 11 is 0. The van der Waals surface area contributed by atoms with Gasteiger partial charge in [0, 0.05) is 6.04 Å². The van der Waals surface area contributed by atoms with Gasteiger partial charge in [-0.05, 0) is 37.1 Å². The Labute approximate surface area is 85.5 Å². The maximum Gasteiger partial charge on any atom is 0.118 e. The van der Waals surface area contributed by atoms with Gasteiger partial charge in [-0.25, -0.2) is 0 Å². The van der Waals surface area contributed by atoms with Crippen molar-refractivity contribution in [2.45, 2.75) is 18.9 Å². The first-order valence-corrected chi connectivity index (χ1v) is 5.02. The van der Waals surface area contributed by atoms with Gasteiger partial charge in [-0.15, -0.1) is 0 Å². The van der Waals surface area contributed by atoms with Crippen LogP contribution >= 0.6 is 0 Å². The fourth-order valence-corrected chi connectivity index (χ4v) is 2.03. The number of ether oxygens (including phenoxy) is 1. The van der Waals surface area contributed by atoms with Crippen LogP contribution in [0.3, 0.4) is 0 Å². The molecule has 1 heterocycles.